The molecular formula is C16H26O2. The van der Waals surface area contributed by atoms with Crippen molar-refractivity contribution in [2.24, 2.45) is 5.92 Å². The van der Waals surface area contributed by atoms with E-state index < -0.39 is 0 Å². The minimum atomic E-state index is 0.833. The summed E-state index contributed by atoms with van der Waals surface area (Å²) in [6.45, 7) is 7.41. The monoisotopic (exact) mass is 250 g/mol. The van der Waals surface area contributed by atoms with Crippen molar-refractivity contribution in [1.82, 2.24) is 0 Å². The van der Waals surface area contributed by atoms with E-state index in [1.165, 1.54) is 25.7 Å². The van der Waals surface area contributed by atoms with Crippen LogP contribution >= 0.6 is 0 Å². The third-order valence-corrected chi connectivity index (χ3v) is 2.64. The highest BCUT2D eigenvalue weighted by Crippen LogP contribution is 2.11. The molecule has 0 unspecified atom stereocenters. The maximum absolute atomic E-state index is 5.61. The molecule has 1 fully saturated rings. The van der Waals surface area contributed by atoms with Gasteiger partial charge in [-0.05, 0) is 24.5 Å². The first-order valence-corrected chi connectivity index (χ1v) is 7.04. The van der Waals surface area contributed by atoms with Crippen LogP contribution in [0.15, 0.2) is 30.3 Å². The van der Waals surface area contributed by atoms with Gasteiger partial charge >= 0.3 is 0 Å². The SMILES string of the molecule is C1CO1.CC(C)CCCCCOc1ccccc1. The predicted octanol–water partition coefficient (Wildman–Crippen LogP) is 4.30. The third kappa shape index (κ3) is 10.2. The first kappa shape index (κ1) is 15.0. The van der Waals surface area contributed by atoms with E-state index in [4.69, 9.17) is 4.74 Å². The molecule has 0 aromatic heterocycles. The lowest BCUT2D eigenvalue weighted by atomic mass is 10.1. The number of benzene rings is 1. The van der Waals surface area contributed by atoms with Gasteiger partial charge in [-0.2, -0.15) is 0 Å². The van der Waals surface area contributed by atoms with Crippen LogP contribution in [0.5, 0.6) is 5.75 Å². The first-order valence-electron chi connectivity index (χ1n) is 7.04. The standard InChI is InChI=1S/C14H22O.C2H4O/c1-13(2)9-5-4-8-12-15-14-10-6-3-7-11-14;1-2-3-1/h3,6-7,10-11,13H,4-5,8-9,12H2,1-2H3;1-2H2. The molecule has 0 atom stereocenters. The molecule has 1 aliphatic rings. The fourth-order valence-corrected chi connectivity index (χ4v) is 1.54. The Morgan fingerprint density at radius 3 is 2.28 bits per heavy atom. The first-order chi connectivity index (χ1) is 8.79. The van der Waals surface area contributed by atoms with E-state index in [0.29, 0.717) is 0 Å². The largest absolute Gasteiger partial charge is 0.494 e. The van der Waals surface area contributed by atoms with Gasteiger partial charge in [-0.1, -0.05) is 51.3 Å². The fraction of sp³-hybridized carbons (Fsp3) is 0.625. The van der Waals surface area contributed by atoms with Crippen LogP contribution in [0.3, 0.4) is 0 Å². The zero-order valence-corrected chi connectivity index (χ0v) is 11.7. The van der Waals surface area contributed by atoms with Crippen LogP contribution in [0.2, 0.25) is 0 Å². The van der Waals surface area contributed by atoms with E-state index in [1.54, 1.807) is 0 Å². The summed E-state index contributed by atoms with van der Waals surface area (Å²) >= 11 is 0. The van der Waals surface area contributed by atoms with E-state index in [1.807, 2.05) is 30.3 Å². The molecule has 0 bridgehead atoms. The molecule has 0 radical (unpaired) electrons. The number of epoxide rings is 1. The molecule has 1 aromatic rings. The molecule has 102 valence electrons. The van der Waals surface area contributed by atoms with Crippen LogP contribution in [-0.4, -0.2) is 19.8 Å². The molecule has 0 saturated carbocycles. The Morgan fingerprint density at radius 1 is 1.06 bits per heavy atom. The summed E-state index contributed by atoms with van der Waals surface area (Å²) < 4.78 is 10.1. The van der Waals surface area contributed by atoms with Crippen molar-refractivity contribution in [1.29, 1.82) is 0 Å². The number of ether oxygens (including phenoxy) is 2. The Balaban J connectivity index is 0.000000468. The molecule has 2 rings (SSSR count). The summed E-state index contributed by atoms with van der Waals surface area (Å²) in [6.07, 6.45) is 5.12. The maximum atomic E-state index is 5.61. The Bertz CT molecular complexity index is 278. The molecule has 0 amide bonds. The van der Waals surface area contributed by atoms with Crippen molar-refractivity contribution < 1.29 is 9.47 Å². The Kier molecular flexibility index (Phi) is 8.32. The van der Waals surface area contributed by atoms with Gasteiger partial charge in [0, 0.05) is 0 Å². The van der Waals surface area contributed by atoms with E-state index in [-0.39, 0.29) is 0 Å². The van der Waals surface area contributed by atoms with Crippen LogP contribution in [0.1, 0.15) is 39.5 Å². The maximum Gasteiger partial charge on any atom is 0.119 e. The molecule has 18 heavy (non-hydrogen) atoms. The summed E-state index contributed by atoms with van der Waals surface area (Å²) in [5.41, 5.74) is 0. The van der Waals surface area contributed by atoms with Crippen molar-refractivity contribution in [3.8, 4) is 5.75 Å². The van der Waals surface area contributed by atoms with Gasteiger partial charge < -0.3 is 9.47 Å². The van der Waals surface area contributed by atoms with Gasteiger partial charge in [0.1, 0.15) is 5.75 Å². The van der Waals surface area contributed by atoms with Crippen LogP contribution in [0.25, 0.3) is 0 Å². The number of rotatable bonds is 7. The second-order valence-electron chi connectivity index (χ2n) is 5.02. The number of hydrogen-bond acceptors (Lipinski definition) is 2. The molecule has 2 nitrogen and oxygen atoms in total. The minimum absolute atomic E-state index is 0.833. The number of unbranched alkanes of at least 4 members (excludes halogenated alkanes) is 2. The lowest BCUT2D eigenvalue weighted by Crippen LogP contribution is -1.97. The minimum Gasteiger partial charge on any atom is -0.494 e. The average molecular weight is 250 g/mol. The van der Waals surface area contributed by atoms with Crippen LogP contribution in [0.4, 0.5) is 0 Å². The fourth-order valence-electron chi connectivity index (χ4n) is 1.54. The highest BCUT2D eigenvalue weighted by atomic mass is 16.6. The second kappa shape index (κ2) is 9.95. The van der Waals surface area contributed by atoms with Gasteiger partial charge in [0.2, 0.25) is 0 Å². The summed E-state index contributed by atoms with van der Waals surface area (Å²) in [5, 5.41) is 0. The molecule has 1 saturated heterocycles. The van der Waals surface area contributed by atoms with E-state index in [2.05, 4.69) is 18.6 Å². The average Bonchev–Trinajstić information content (AvgIpc) is 3.22. The topological polar surface area (TPSA) is 21.8 Å². The molecule has 0 spiro atoms. The smallest absolute Gasteiger partial charge is 0.119 e. The van der Waals surface area contributed by atoms with Crippen molar-refractivity contribution >= 4 is 0 Å². The van der Waals surface area contributed by atoms with Gasteiger partial charge in [-0.3, -0.25) is 0 Å². The quantitative estimate of drug-likeness (QED) is 0.531. The van der Waals surface area contributed by atoms with Gasteiger partial charge in [0.15, 0.2) is 0 Å². The second-order valence-corrected chi connectivity index (χ2v) is 5.02. The molecule has 1 aliphatic heterocycles. The lowest BCUT2D eigenvalue weighted by Gasteiger charge is -2.06. The molecule has 1 aromatic carbocycles. The van der Waals surface area contributed by atoms with Crippen molar-refractivity contribution in [3.63, 3.8) is 0 Å². The highest BCUT2D eigenvalue weighted by Gasteiger charge is 1.95. The third-order valence-electron chi connectivity index (χ3n) is 2.64. The highest BCUT2D eigenvalue weighted by molar-refractivity contribution is 5.20. The molecule has 0 N–H and O–H groups in total. The van der Waals surface area contributed by atoms with Crippen molar-refractivity contribution in [2.75, 3.05) is 19.8 Å². The summed E-state index contributed by atoms with van der Waals surface area (Å²) in [7, 11) is 0. The summed E-state index contributed by atoms with van der Waals surface area (Å²) in [4.78, 5) is 0. The number of para-hydroxylation sites is 1. The lowest BCUT2D eigenvalue weighted by molar-refractivity contribution is 0.303. The van der Waals surface area contributed by atoms with Crippen LogP contribution in [-0.2, 0) is 4.74 Å². The Labute approximate surface area is 111 Å². The van der Waals surface area contributed by atoms with Crippen molar-refractivity contribution in [3.05, 3.63) is 30.3 Å². The van der Waals surface area contributed by atoms with Crippen molar-refractivity contribution in [2.45, 2.75) is 39.5 Å². The van der Waals surface area contributed by atoms with Gasteiger partial charge in [0.25, 0.3) is 0 Å². The summed E-state index contributed by atoms with van der Waals surface area (Å²) in [6, 6.07) is 10.0. The van der Waals surface area contributed by atoms with Gasteiger partial charge in [0.05, 0.1) is 19.8 Å². The van der Waals surface area contributed by atoms with E-state index >= 15 is 0 Å². The molecule has 1 heterocycles. The zero-order chi connectivity index (χ0) is 13.1. The molecular weight excluding hydrogens is 224 g/mol. The van der Waals surface area contributed by atoms with E-state index in [9.17, 15) is 0 Å². The summed E-state index contributed by atoms with van der Waals surface area (Å²) in [5.74, 6) is 1.82. The zero-order valence-electron chi connectivity index (χ0n) is 11.7. The number of hydrogen-bond donors (Lipinski definition) is 0. The van der Waals surface area contributed by atoms with E-state index in [0.717, 1.165) is 31.5 Å². The van der Waals surface area contributed by atoms with Gasteiger partial charge in [-0.25, -0.2) is 0 Å². The predicted molar refractivity (Wildman–Crippen MR) is 76.1 cm³/mol. The Hall–Kier alpha value is -1.02. The molecule has 2 heteroatoms. The normalized spacial score (nSPS) is 12.8. The molecule has 0 aliphatic carbocycles. The van der Waals surface area contributed by atoms with Crippen LogP contribution < -0.4 is 4.74 Å². The van der Waals surface area contributed by atoms with Gasteiger partial charge in [-0.15, -0.1) is 0 Å². The Morgan fingerprint density at radius 2 is 1.72 bits per heavy atom. The van der Waals surface area contributed by atoms with Crippen LogP contribution in [0, 0.1) is 5.92 Å².